The molecule has 2 amide bonds. The van der Waals surface area contributed by atoms with Gasteiger partial charge in [-0.25, -0.2) is 4.79 Å². The number of fused-ring (bicyclic) bond motifs is 2. The smallest absolute Gasteiger partial charge is 0.315 e. The van der Waals surface area contributed by atoms with Crippen LogP contribution < -0.4 is 16.0 Å². The van der Waals surface area contributed by atoms with E-state index in [2.05, 4.69) is 22.9 Å². The van der Waals surface area contributed by atoms with Crippen molar-refractivity contribution in [3.63, 3.8) is 0 Å². The molecule has 2 bridgehead atoms. The van der Waals surface area contributed by atoms with Crippen molar-refractivity contribution in [1.82, 2.24) is 16.0 Å². The van der Waals surface area contributed by atoms with Gasteiger partial charge in [-0.1, -0.05) is 13.3 Å². The second-order valence-corrected chi connectivity index (χ2v) is 4.64. The van der Waals surface area contributed by atoms with Crippen LogP contribution in [0.2, 0.25) is 0 Å². The Morgan fingerprint density at radius 3 is 2.93 bits per heavy atom. The first kappa shape index (κ1) is 10.7. The number of unbranched alkanes of at least 4 members (excludes halogenated alkanes) is 1. The van der Waals surface area contributed by atoms with Gasteiger partial charge in [0.25, 0.3) is 0 Å². The van der Waals surface area contributed by atoms with Gasteiger partial charge in [-0.05, 0) is 25.7 Å². The fraction of sp³-hybridized carbons (Fsp3) is 0.909. The molecule has 0 aromatic heterocycles. The largest absolute Gasteiger partial charge is 0.338 e. The minimum absolute atomic E-state index is 0.00259. The van der Waals surface area contributed by atoms with Crippen LogP contribution in [0.5, 0.6) is 0 Å². The van der Waals surface area contributed by atoms with E-state index in [1.165, 1.54) is 12.8 Å². The van der Waals surface area contributed by atoms with Crippen LogP contribution in [0.1, 0.15) is 39.0 Å². The van der Waals surface area contributed by atoms with Crippen molar-refractivity contribution in [3.8, 4) is 0 Å². The number of amides is 2. The number of hydrogen-bond donors (Lipinski definition) is 3. The average Bonchev–Trinajstić information content (AvgIpc) is 2.79. The van der Waals surface area contributed by atoms with Gasteiger partial charge in [-0.15, -0.1) is 0 Å². The topological polar surface area (TPSA) is 53.2 Å². The molecule has 86 valence electrons. The fourth-order valence-electron chi connectivity index (χ4n) is 2.58. The van der Waals surface area contributed by atoms with Crippen molar-refractivity contribution in [1.29, 1.82) is 0 Å². The zero-order valence-electron chi connectivity index (χ0n) is 9.38. The third kappa shape index (κ3) is 2.62. The zero-order chi connectivity index (χ0) is 10.7. The molecule has 0 aromatic carbocycles. The lowest BCUT2D eigenvalue weighted by Crippen LogP contribution is -2.47. The van der Waals surface area contributed by atoms with Crippen LogP contribution in [0.25, 0.3) is 0 Å². The van der Waals surface area contributed by atoms with E-state index < -0.39 is 0 Å². The summed E-state index contributed by atoms with van der Waals surface area (Å²) in [6.07, 6.45) is 5.77. The number of hydrogen-bond acceptors (Lipinski definition) is 2. The van der Waals surface area contributed by atoms with Gasteiger partial charge < -0.3 is 16.0 Å². The summed E-state index contributed by atoms with van der Waals surface area (Å²) < 4.78 is 0. The molecule has 3 N–H and O–H groups in total. The summed E-state index contributed by atoms with van der Waals surface area (Å²) in [5, 5.41) is 9.46. The predicted octanol–water partition coefficient (Wildman–Crippen LogP) is 0.979. The van der Waals surface area contributed by atoms with Gasteiger partial charge in [-0.3, -0.25) is 0 Å². The number of carbonyl (C=O) groups is 1. The van der Waals surface area contributed by atoms with Crippen LogP contribution in [-0.2, 0) is 0 Å². The Hall–Kier alpha value is -0.770. The van der Waals surface area contributed by atoms with Crippen LogP contribution in [0, 0.1) is 0 Å². The Labute approximate surface area is 91.2 Å². The minimum Gasteiger partial charge on any atom is -0.338 e. The summed E-state index contributed by atoms with van der Waals surface area (Å²) >= 11 is 0. The normalized spacial score (nSPS) is 33.0. The fourth-order valence-corrected chi connectivity index (χ4v) is 2.58. The van der Waals surface area contributed by atoms with E-state index in [0.29, 0.717) is 18.1 Å². The van der Waals surface area contributed by atoms with Crippen LogP contribution in [0.3, 0.4) is 0 Å². The van der Waals surface area contributed by atoms with E-state index in [0.717, 1.165) is 25.8 Å². The standard InChI is InChI=1S/C11H21N3O/c1-2-3-6-12-11(15)14-10-7-8-4-5-9(10)13-8/h8-10,13H,2-7H2,1H3,(H2,12,14,15). The van der Waals surface area contributed by atoms with E-state index in [1.54, 1.807) is 0 Å². The van der Waals surface area contributed by atoms with Gasteiger partial charge in [0.2, 0.25) is 0 Å². The number of urea groups is 1. The van der Waals surface area contributed by atoms with Gasteiger partial charge >= 0.3 is 6.03 Å². The molecule has 3 unspecified atom stereocenters. The Balaban J connectivity index is 1.66. The lowest BCUT2D eigenvalue weighted by atomic mass is 9.96. The molecule has 2 aliphatic rings. The molecule has 0 spiro atoms. The second-order valence-electron chi connectivity index (χ2n) is 4.64. The molecular formula is C11H21N3O. The van der Waals surface area contributed by atoms with Gasteiger partial charge in [0.15, 0.2) is 0 Å². The summed E-state index contributed by atoms with van der Waals surface area (Å²) in [5.41, 5.74) is 0. The van der Waals surface area contributed by atoms with Crippen molar-refractivity contribution in [2.45, 2.75) is 57.2 Å². The SMILES string of the molecule is CCCCNC(=O)NC1CC2CCC1N2. The molecule has 2 rings (SSSR count). The first-order valence-corrected chi connectivity index (χ1v) is 6.10. The van der Waals surface area contributed by atoms with Crippen molar-refractivity contribution >= 4 is 6.03 Å². The highest BCUT2D eigenvalue weighted by Gasteiger charge is 2.39. The van der Waals surface area contributed by atoms with Crippen molar-refractivity contribution < 1.29 is 4.79 Å². The summed E-state index contributed by atoms with van der Waals surface area (Å²) in [6, 6.07) is 1.52. The molecule has 4 heteroatoms. The molecule has 4 nitrogen and oxygen atoms in total. The van der Waals surface area contributed by atoms with E-state index in [-0.39, 0.29) is 6.03 Å². The molecule has 2 heterocycles. The monoisotopic (exact) mass is 211 g/mol. The molecule has 2 fully saturated rings. The average molecular weight is 211 g/mol. The Morgan fingerprint density at radius 1 is 1.47 bits per heavy atom. The lowest BCUT2D eigenvalue weighted by molar-refractivity contribution is 0.234. The highest BCUT2D eigenvalue weighted by Crippen LogP contribution is 2.27. The third-order valence-electron chi connectivity index (χ3n) is 3.43. The maximum atomic E-state index is 11.5. The minimum atomic E-state index is 0.00259. The number of carbonyl (C=O) groups excluding carboxylic acids is 1. The second kappa shape index (κ2) is 4.84. The highest BCUT2D eigenvalue weighted by molar-refractivity contribution is 5.74. The first-order valence-electron chi connectivity index (χ1n) is 6.10. The maximum Gasteiger partial charge on any atom is 0.315 e. The maximum absolute atomic E-state index is 11.5. The lowest BCUT2D eigenvalue weighted by Gasteiger charge is -2.21. The highest BCUT2D eigenvalue weighted by atomic mass is 16.2. The van der Waals surface area contributed by atoms with E-state index in [9.17, 15) is 4.79 Å². The third-order valence-corrected chi connectivity index (χ3v) is 3.43. The van der Waals surface area contributed by atoms with Gasteiger partial charge in [-0.2, -0.15) is 0 Å². The Bertz CT molecular complexity index is 232. The molecular weight excluding hydrogens is 190 g/mol. The molecule has 0 aliphatic carbocycles. The summed E-state index contributed by atoms with van der Waals surface area (Å²) in [4.78, 5) is 11.5. The molecule has 3 atom stereocenters. The molecule has 2 aliphatic heterocycles. The number of nitrogens with one attached hydrogen (secondary N) is 3. The number of rotatable bonds is 4. The molecule has 0 saturated carbocycles. The molecule has 0 aromatic rings. The zero-order valence-corrected chi connectivity index (χ0v) is 9.38. The van der Waals surface area contributed by atoms with Crippen molar-refractivity contribution in [2.75, 3.05) is 6.54 Å². The molecule has 0 radical (unpaired) electrons. The Kier molecular flexibility index (Phi) is 3.46. The van der Waals surface area contributed by atoms with Gasteiger partial charge in [0.1, 0.15) is 0 Å². The van der Waals surface area contributed by atoms with Crippen LogP contribution in [-0.4, -0.2) is 30.7 Å². The predicted molar refractivity (Wildman–Crippen MR) is 59.8 cm³/mol. The Morgan fingerprint density at radius 2 is 2.33 bits per heavy atom. The van der Waals surface area contributed by atoms with Crippen LogP contribution in [0.15, 0.2) is 0 Å². The van der Waals surface area contributed by atoms with E-state index in [1.807, 2.05) is 0 Å². The molecule has 15 heavy (non-hydrogen) atoms. The first-order chi connectivity index (χ1) is 7.29. The summed E-state index contributed by atoms with van der Waals surface area (Å²) in [6.45, 7) is 2.91. The summed E-state index contributed by atoms with van der Waals surface area (Å²) in [7, 11) is 0. The van der Waals surface area contributed by atoms with Crippen LogP contribution in [0.4, 0.5) is 4.79 Å². The van der Waals surface area contributed by atoms with Crippen molar-refractivity contribution in [2.24, 2.45) is 0 Å². The van der Waals surface area contributed by atoms with Crippen LogP contribution >= 0.6 is 0 Å². The van der Waals surface area contributed by atoms with Gasteiger partial charge in [0.05, 0.1) is 0 Å². The van der Waals surface area contributed by atoms with Crippen molar-refractivity contribution in [3.05, 3.63) is 0 Å². The van der Waals surface area contributed by atoms with Gasteiger partial charge in [0, 0.05) is 24.7 Å². The van der Waals surface area contributed by atoms with E-state index in [4.69, 9.17) is 0 Å². The summed E-state index contributed by atoms with van der Waals surface area (Å²) in [5.74, 6) is 0. The molecule has 2 saturated heterocycles. The van der Waals surface area contributed by atoms with E-state index >= 15 is 0 Å². The quantitative estimate of drug-likeness (QED) is 0.607.